The Morgan fingerprint density at radius 3 is 2.39 bits per heavy atom. The van der Waals surface area contributed by atoms with Crippen LogP contribution in [0.3, 0.4) is 0 Å². The molecule has 100 valence electrons. The molecule has 1 aromatic rings. The summed E-state index contributed by atoms with van der Waals surface area (Å²) in [5.41, 5.74) is 1.12. The van der Waals surface area contributed by atoms with Crippen LogP contribution in [0.5, 0.6) is 0 Å². The predicted molar refractivity (Wildman–Crippen MR) is 82.7 cm³/mol. The normalized spacial score (nSPS) is 15.1. The van der Waals surface area contributed by atoms with Crippen LogP contribution in [-0.4, -0.2) is 8.96 Å². The van der Waals surface area contributed by atoms with E-state index in [4.69, 9.17) is 0 Å². The summed E-state index contributed by atoms with van der Waals surface area (Å²) in [6, 6.07) is 8.09. The van der Waals surface area contributed by atoms with Gasteiger partial charge in [0.25, 0.3) is 0 Å². The van der Waals surface area contributed by atoms with Gasteiger partial charge in [0.15, 0.2) is 0 Å². The van der Waals surface area contributed by atoms with Gasteiger partial charge in [-0.3, -0.25) is 0 Å². The molecule has 4 heteroatoms. The molecule has 0 bridgehead atoms. The van der Waals surface area contributed by atoms with Gasteiger partial charge in [-0.1, -0.05) is 34.1 Å². The molecule has 18 heavy (non-hydrogen) atoms. The Balaban J connectivity index is 2.86. The van der Waals surface area contributed by atoms with E-state index in [2.05, 4.69) is 27.2 Å². The molecule has 0 aliphatic carbocycles. The molecule has 0 spiro atoms. The van der Waals surface area contributed by atoms with Crippen LogP contribution in [0, 0.1) is 0 Å². The van der Waals surface area contributed by atoms with Gasteiger partial charge < -0.3 is 0 Å². The molecule has 0 aromatic heterocycles. The fourth-order valence-electron chi connectivity index (χ4n) is 1.42. The monoisotopic (exact) mass is 329 g/mol. The predicted octanol–water partition coefficient (Wildman–Crippen LogP) is 4.12. The third kappa shape index (κ3) is 4.67. The van der Waals surface area contributed by atoms with Gasteiger partial charge in [-0.05, 0) is 44.9 Å². The van der Waals surface area contributed by atoms with Crippen LogP contribution in [0.4, 0.5) is 0 Å². The Bertz CT molecular complexity index is 422. The second kappa shape index (κ2) is 6.64. The van der Waals surface area contributed by atoms with Crippen molar-refractivity contribution >= 4 is 26.9 Å². The zero-order valence-corrected chi connectivity index (χ0v) is 13.5. The van der Waals surface area contributed by atoms with Crippen LogP contribution in [0.15, 0.2) is 41.4 Å². The minimum Gasteiger partial charge on any atom is -0.242 e. The Morgan fingerprint density at radius 1 is 1.39 bits per heavy atom. The van der Waals surface area contributed by atoms with E-state index in [1.165, 1.54) is 0 Å². The number of nitrogens with one attached hydrogen (secondary N) is 1. The summed E-state index contributed by atoms with van der Waals surface area (Å²) in [5, 5.41) is 0. The van der Waals surface area contributed by atoms with E-state index in [1.54, 1.807) is 0 Å². The number of hydrogen-bond donors (Lipinski definition) is 1. The summed E-state index contributed by atoms with van der Waals surface area (Å²) in [6.07, 6.45) is 2.60. The number of hydrogen-bond acceptors (Lipinski definition) is 1. The first-order valence-corrected chi connectivity index (χ1v) is 7.83. The average molecular weight is 330 g/mol. The van der Waals surface area contributed by atoms with Crippen LogP contribution in [0.1, 0.15) is 38.8 Å². The van der Waals surface area contributed by atoms with Crippen LogP contribution in [0.25, 0.3) is 0 Å². The van der Waals surface area contributed by atoms with Crippen molar-refractivity contribution in [1.29, 1.82) is 0 Å². The minimum absolute atomic E-state index is 0.0376. The zero-order chi connectivity index (χ0) is 13.8. The Hall–Kier alpha value is -0.450. The van der Waals surface area contributed by atoms with Gasteiger partial charge in [0, 0.05) is 10.5 Å². The molecular weight excluding hydrogens is 310 g/mol. The van der Waals surface area contributed by atoms with E-state index < -0.39 is 11.0 Å². The van der Waals surface area contributed by atoms with Gasteiger partial charge >= 0.3 is 0 Å². The van der Waals surface area contributed by atoms with Gasteiger partial charge in [0.2, 0.25) is 0 Å². The molecular formula is C14H20BrNOS. The second-order valence-corrected chi connectivity index (χ2v) is 8.04. The first kappa shape index (κ1) is 15.6. The molecule has 1 rings (SSSR count). The molecule has 0 radical (unpaired) electrons. The summed E-state index contributed by atoms with van der Waals surface area (Å²) in [4.78, 5) is 0. The van der Waals surface area contributed by atoms with Gasteiger partial charge in [0.1, 0.15) is 0 Å². The van der Waals surface area contributed by atoms with Gasteiger partial charge in [-0.2, -0.15) is 0 Å². The minimum atomic E-state index is -1.08. The second-order valence-electron chi connectivity index (χ2n) is 5.13. The highest BCUT2D eigenvalue weighted by Gasteiger charge is 2.22. The quantitative estimate of drug-likeness (QED) is 0.809. The van der Waals surface area contributed by atoms with Crippen molar-refractivity contribution in [3.63, 3.8) is 0 Å². The topological polar surface area (TPSA) is 29.1 Å². The third-order valence-corrected chi connectivity index (χ3v) is 4.62. The highest BCUT2D eigenvalue weighted by molar-refractivity contribution is 9.10. The lowest BCUT2D eigenvalue weighted by Crippen LogP contribution is -2.35. The molecule has 2 atom stereocenters. The largest absolute Gasteiger partial charge is 0.242 e. The van der Waals surface area contributed by atoms with Gasteiger partial charge in [-0.15, -0.1) is 6.58 Å². The highest BCUT2D eigenvalue weighted by Crippen LogP contribution is 2.22. The van der Waals surface area contributed by atoms with Crippen molar-refractivity contribution in [2.45, 2.75) is 38.0 Å². The lowest BCUT2D eigenvalue weighted by atomic mass is 10.1. The van der Waals surface area contributed by atoms with Crippen LogP contribution >= 0.6 is 15.9 Å². The van der Waals surface area contributed by atoms with E-state index >= 15 is 0 Å². The van der Waals surface area contributed by atoms with E-state index in [0.29, 0.717) is 0 Å². The van der Waals surface area contributed by atoms with Crippen molar-refractivity contribution in [3.8, 4) is 0 Å². The lowest BCUT2D eigenvalue weighted by Gasteiger charge is -2.24. The smallest absolute Gasteiger partial charge is 0.0976 e. The fraction of sp³-hybridized carbons (Fsp3) is 0.429. The Labute approximate surface area is 121 Å². The average Bonchev–Trinajstić information content (AvgIpc) is 2.28. The maximum Gasteiger partial charge on any atom is 0.0976 e. The van der Waals surface area contributed by atoms with Crippen molar-refractivity contribution in [3.05, 3.63) is 47.0 Å². The molecule has 0 amide bonds. The molecule has 1 unspecified atom stereocenters. The van der Waals surface area contributed by atoms with Gasteiger partial charge in [0.05, 0.1) is 15.7 Å². The van der Waals surface area contributed by atoms with E-state index in [-0.39, 0.29) is 10.8 Å². The van der Waals surface area contributed by atoms with Crippen LogP contribution < -0.4 is 4.72 Å². The highest BCUT2D eigenvalue weighted by atomic mass is 79.9. The number of benzene rings is 1. The molecule has 0 aliphatic heterocycles. The third-order valence-electron chi connectivity index (χ3n) is 2.48. The standard InChI is InChI=1S/C14H20BrNOS/c1-5-6-13(16-18(17)14(2,3)4)11-7-9-12(15)10-8-11/h5,7-10,13,16H,1,6H2,2-4H3/t13-,18?/m1/s1. The van der Waals surface area contributed by atoms with Crippen molar-refractivity contribution in [1.82, 2.24) is 4.72 Å². The first-order chi connectivity index (χ1) is 8.34. The zero-order valence-electron chi connectivity index (χ0n) is 11.1. The molecule has 2 nitrogen and oxygen atoms in total. The summed E-state index contributed by atoms with van der Waals surface area (Å²) in [5.74, 6) is 0. The maximum absolute atomic E-state index is 12.1. The summed E-state index contributed by atoms with van der Waals surface area (Å²) < 4.78 is 16.1. The lowest BCUT2D eigenvalue weighted by molar-refractivity contribution is 0.601. The maximum atomic E-state index is 12.1. The first-order valence-electron chi connectivity index (χ1n) is 5.89. The van der Waals surface area contributed by atoms with Crippen molar-refractivity contribution in [2.24, 2.45) is 0 Å². The molecule has 1 N–H and O–H groups in total. The van der Waals surface area contributed by atoms with E-state index in [0.717, 1.165) is 16.5 Å². The van der Waals surface area contributed by atoms with E-state index in [9.17, 15) is 4.21 Å². The Kier molecular flexibility index (Phi) is 5.76. The summed E-state index contributed by atoms with van der Waals surface area (Å²) in [6.45, 7) is 9.65. The van der Waals surface area contributed by atoms with Crippen LogP contribution in [0.2, 0.25) is 0 Å². The van der Waals surface area contributed by atoms with Crippen LogP contribution in [-0.2, 0) is 11.0 Å². The van der Waals surface area contributed by atoms with E-state index in [1.807, 2.05) is 51.1 Å². The molecule has 0 saturated carbocycles. The molecule has 0 saturated heterocycles. The fourth-order valence-corrected chi connectivity index (χ4v) is 2.53. The van der Waals surface area contributed by atoms with Crippen molar-refractivity contribution < 1.29 is 4.21 Å². The van der Waals surface area contributed by atoms with Crippen molar-refractivity contribution in [2.75, 3.05) is 0 Å². The summed E-state index contributed by atoms with van der Waals surface area (Å²) in [7, 11) is -1.08. The summed E-state index contributed by atoms with van der Waals surface area (Å²) >= 11 is 3.42. The van der Waals surface area contributed by atoms with Gasteiger partial charge in [-0.25, -0.2) is 8.93 Å². The SMILES string of the molecule is C=CC[C@@H](NS(=O)C(C)(C)C)c1ccc(Br)cc1. The molecule has 0 fully saturated rings. The molecule has 0 heterocycles. The number of rotatable bonds is 5. The molecule has 1 aromatic carbocycles. The Morgan fingerprint density at radius 2 is 1.94 bits per heavy atom. The number of halogens is 1. The molecule has 0 aliphatic rings.